The van der Waals surface area contributed by atoms with Gasteiger partial charge in [-0.2, -0.15) is 5.26 Å². The number of aromatic hydroxyl groups is 1. The summed E-state index contributed by atoms with van der Waals surface area (Å²) in [5.74, 6) is 2.27. The van der Waals surface area contributed by atoms with Gasteiger partial charge in [0, 0.05) is 30.7 Å². The van der Waals surface area contributed by atoms with Crippen molar-refractivity contribution in [2.45, 2.75) is 30.8 Å². The third-order valence-electron chi connectivity index (χ3n) is 6.46. The first kappa shape index (κ1) is 15.7. The number of piperidine rings is 3. The molecule has 5 nitrogen and oxygen atoms in total. The second-order valence-corrected chi connectivity index (χ2v) is 7.72. The lowest BCUT2D eigenvalue weighted by Crippen LogP contribution is -2.60. The molecule has 1 N–H and O–H groups in total. The smallest absolute Gasteiger partial charge is 0.130 e. The van der Waals surface area contributed by atoms with Gasteiger partial charge in [0.05, 0.1) is 11.6 Å². The van der Waals surface area contributed by atoms with Crippen LogP contribution in [-0.2, 0) is 0 Å². The second kappa shape index (κ2) is 6.00. The quantitative estimate of drug-likeness (QED) is 0.906. The summed E-state index contributed by atoms with van der Waals surface area (Å²) in [6.07, 6.45) is 4.22. The molecule has 5 heteroatoms. The number of benzene rings is 1. The number of fused-ring (bicyclic) bond motifs is 2. The van der Waals surface area contributed by atoms with E-state index in [-0.39, 0.29) is 0 Å². The Bertz CT molecular complexity index is 868. The van der Waals surface area contributed by atoms with Crippen molar-refractivity contribution in [2.24, 2.45) is 5.92 Å². The number of phenols is 1. The summed E-state index contributed by atoms with van der Waals surface area (Å²) in [5.41, 5.74) is 1.86. The first-order valence-electron chi connectivity index (χ1n) is 9.40. The normalized spacial score (nSPS) is 32.3. The summed E-state index contributed by atoms with van der Waals surface area (Å²) in [6, 6.07) is 14.5. The minimum Gasteiger partial charge on any atom is -0.508 e. The Hall–Kier alpha value is -2.58. The molecular weight excluding hydrogens is 324 g/mol. The second-order valence-electron chi connectivity index (χ2n) is 7.72. The molecule has 0 amide bonds. The molecule has 6 rings (SSSR count). The van der Waals surface area contributed by atoms with Gasteiger partial charge in [-0.25, -0.2) is 4.98 Å². The van der Waals surface area contributed by atoms with Gasteiger partial charge in [-0.05, 0) is 61.7 Å². The summed E-state index contributed by atoms with van der Waals surface area (Å²) < 4.78 is 0. The van der Waals surface area contributed by atoms with Crippen LogP contribution in [-0.4, -0.2) is 46.7 Å². The van der Waals surface area contributed by atoms with Crippen molar-refractivity contribution in [3.05, 3.63) is 53.7 Å². The standard InChI is InChI=1S/C21H22N4O/c22-12-14-4-7-23-19(10-14)25-13-18(16-2-1-3-17(26)11-16)21-20(25)15-5-8-24(21)9-6-15/h1-4,7,10-11,15,18,20-21,26H,5-6,8-9,13H2/t18-,20+,21+/m0/s1. The van der Waals surface area contributed by atoms with Crippen LogP contribution in [0.25, 0.3) is 0 Å². The van der Waals surface area contributed by atoms with Crippen LogP contribution in [0.5, 0.6) is 5.75 Å². The molecule has 132 valence electrons. The van der Waals surface area contributed by atoms with Crippen LogP contribution >= 0.6 is 0 Å². The molecule has 2 aromatic rings. The summed E-state index contributed by atoms with van der Waals surface area (Å²) in [7, 11) is 0. The first-order valence-corrected chi connectivity index (χ1v) is 9.40. The number of rotatable bonds is 2. The van der Waals surface area contributed by atoms with Crippen LogP contribution in [0.1, 0.15) is 29.9 Å². The summed E-state index contributed by atoms with van der Waals surface area (Å²) >= 11 is 0. The molecule has 0 saturated carbocycles. The number of anilines is 1. The molecule has 0 radical (unpaired) electrons. The van der Waals surface area contributed by atoms with E-state index in [0.717, 1.165) is 12.4 Å². The van der Waals surface area contributed by atoms with Gasteiger partial charge < -0.3 is 10.0 Å². The highest BCUT2D eigenvalue weighted by Crippen LogP contribution is 2.47. The van der Waals surface area contributed by atoms with E-state index >= 15 is 0 Å². The largest absolute Gasteiger partial charge is 0.508 e. The molecule has 0 aliphatic carbocycles. The van der Waals surface area contributed by atoms with E-state index < -0.39 is 0 Å². The van der Waals surface area contributed by atoms with Gasteiger partial charge in [-0.3, -0.25) is 4.90 Å². The molecule has 0 unspecified atom stereocenters. The SMILES string of the molecule is N#Cc1ccnc(N2C[C@@H](c3cccc(O)c3)[C@@H]3[C@H]2C2CCN3CC2)c1. The van der Waals surface area contributed by atoms with E-state index in [1.54, 1.807) is 18.3 Å². The number of nitriles is 1. The molecule has 3 atom stereocenters. The van der Waals surface area contributed by atoms with E-state index in [4.69, 9.17) is 0 Å². The fourth-order valence-corrected chi connectivity index (χ4v) is 5.38. The number of nitrogens with zero attached hydrogens (tertiary/aromatic N) is 4. The van der Waals surface area contributed by atoms with E-state index in [1.165, 1.54) is 31.5 Å². The maximum atomic E-state index is 9.98. The minimum absolute atomic E-state index is 0.332. The highest BCUT2D eigenvalue weighted by molar-refractivity contribution is 5.50. The van der Waals surface area contributed by atoms with Gasteiger partial charge in [0.2, 0.25) is 0 Å². The fourth-order valence-electron chi connectivity index (χ4n) is 5.38. The van der Waals surface area contributed by atoms with Crippen molar-refractivity contribution in [2.75, 3.05) is 24.5 Å². The van der Waals surface area contributed by atoms with Crippen molar-refractivity contribution in [1.29, 1.82) is 5.26 Å². The molecule has 4 saturated heterocycles. The highest BCUT2D eigenvalue weighted by atomic mass is 16.3. The number of hydrogen-bond acceptors (Lipinski definition) is 5. The average Bonchev–Trinajstić information content (AvgIpc) is 3.12. The zero-order chi connectivity index (χ0) is 17.7. The van der Waals surface area contributed by atoms with Crippen molar-refractivity contribution in [1.82, 2.24) is 9.88 Å². The maximum absolute atomic E-state index is 9.98. The Balaban J connectivity index is 1.57. The van der Waals surface area contributed by atoms with Gasteiger partial charge in [0.25, 0.3) is 0 Å². The molecule has 1 aromatic carbocycles. The third-order valence-corrected chi connectivity index (χ3v) is 6.46. The van der Waals surface area contributed by atoms with Crippen LogP contribution in [0, 0.1) is 17.2 Å². The Morgan fingerprint density at radius 2 is 1.96 bits per heavy atom. The summed E-state index contributed by atoms with van der Waals surface area (Å²) in [5, 5.41) is 19.2. The molecule has 2 bridgehead atoms. The van der Waals surface area contributed by atoms with Crippen LogP contribution in [0.15, 0.2) is 42.6 Å². The van der Waals surface area contributed by atoms with E-state index in [1.807, 2.05) is 18.2 Å². The van der Waals surface area contributed by atoms with Gasteiger partial charge in [0.1, 0.15) is 11.6 Å². The number of aromatic nitrogens is 1. The van der Waals surface area contributed by atoms with Crippen LogP contribution in [0.2, 0.25) is 0 Å². The summed E-state index contributed by atoms with van der Waals surface area (Å²) in [6.45, 7) is 3.22. The van der Waals surface area contributed by atoms with Gasteiger partial charge in [0.15, 0.2) is 0 Å². The molecule has 4 fully saturated rings. The zero-order valence-electron chi connectivity index (χ0n) is 14.6. The minimum atomic E-state index is 0.332. The first-order chi connectivity index (χ1) is 12.7. The van der Waals surface area contributed by atoms with E-state index in [9.17, 15) is 10.4 Å². The van der Waals surface area contributed by atoms with Crippen LogP contribution < -0.4 is 4.90 Å². The highest BCUT2D eigenvalue weighted by Gasteiger charge is 2.53. The predicted molar refractivity (Wildman–Crippen MR) is 99.0 cm³/mol. The monoisotopic (exact) mass is 346 g/mol. The average molecular weight is 346 g/mol. The molecule has 4 aliphatic rings. The topological polar surface area (TPSA) is 63.4 Å². The Kier molecular flexibility index (Phi) is 3.61. The predicted octanol–water partition coefficient (Wildman–Crippen LogP) is 2.73. The fraction of sp³-hybridized carbons (Fsp3) is 0.429. The Morgan fingerprint density at radius 3 is 2.73 bits per heavy atom. The van der Waals surface area contributed by atoms with Crippen molar-refractivity contribution in [3.8, 4) is 11.8 Å². The molecule has 5 heterocycles. The van der Waals surface area contributed by atoms with E-state index in [0.29, 0.717) is 35.2 Å². The summed E-state index contributed by atoms with van der Waals surface area (Å²) in [4.78, 5) is 9.66. The van der Waals surface area contributed by atoms with Gasteiger partial charge in [-0.1, -0.05) is 12.1 Å². The lowest BCUT2D eigenvalue weighted by Gasteiger charge is -2.51. The molecule has 1 aromatic heterocycles. The van der Waals surface area contributed by atoms with Crippen molar-refractivity contribution < 1.29 is 5.11 Å². The molecular formula is C21H22N4O. The molecule has 4 aliphatic heterocycles. The lowest BCUT2D eigenvalue weighted by molar-refractivity contribution is 0.0354. The molecule has 26 heavy (non-hydrogen) atoms. The van der Waals surface area contributed by atoms with Gasteiger partial charge >= 0.3 is 0 Å². The molecule has 0 spiro atoms. The Morgan fingerprint density at radius 1 is 1.12 bits per heavy atom. The maximum Gasteiger partial charge on any atom is 0.130 e. The van der Waals surface area contributed by atoms with E-state index in [2.05, 4.69) is 26.9 Å². The lowest BCUT2D eigenvalue weighted by atomic mass is 9.75. The van der Waals surface area contributed by atoms with Gasteiger partial charge in [-0.15, -0.1) is 0 Å². The Labute approximate surface area is 153 Å². The number of hydrogen-bond donors (Lipinski definition) is 1. The van der Waals surface area contributed by atoms with Crippen LogP contribution in [0.4, 0.5) is 5.82 Å². The zero-order valence-corrected chi connectivity index (χ0v) is 14.6. The number of pyridine rings is 1. The number of phenolic OH excluding ortho intramolecular Hbond substituents is 1. The van der Waals surface area contributed by atoms with Crippen molar-refractivity contribution in [3.63, 3.8) is 0 Å². The third kappa shape index (κ3) is 2.37. The van der Waals surface area contributed by atoms with Crippen LogP contribution in [0.3, 0.4) is 0 Å². The van der Waals surface area contributed by atoms with Crippen molar-refractivity contribution >= 4 is 5.82 Å².